The Balaban J connectivity index is 1.61. The quantitative estimate of drug-likeness (QED) is 0.291. The third-order valence-electron chi connectivity index (χ3n) is 7.42. The predicted molar refractivity (Wildman–Crippen MR) is 130 cm³/mol. The number of hydrogen-bond donors (Lipinski definition) is 2. The Morgan fingerprint density at radius 2 is 1.97 bits per heavy atom. The number of carboxylic acid groups (broad SMARTS) is 1. The zero-order chi connectivity index (χ0) is 25.2. The van der Waals surface area contributed by atoms with E-state index >= 15 is 0 Å². The second kappa shape index (κ2) is 13.7. The number of hydrogen-bond acceptors (Lipinski definition) is 7. The van der Waals surface area contributed by atoms with Gasteiger partial charge in [0, 0.05) is 7.11 Å². The fourth-order valence-electron chi connectivity index (χ4n) is 5.72. The molecule has 0 bridgehead atoms. The van der Waals surface area contributed by atoms with Gasteiger partial charge in [0.1, 0.15) is 18.5 Å². The maximum absolute atomic E-state index is 12.1. The molecule has 0 spiro atoms. The zero-order valence-corrected chi connectivity index (χ0v) is 20.9. The molecule has 2 aliphatic rings. The van der Waals surface area contributed by atoms with E-state index < -0.39 is 18.2 Å². The fourth-order valence-corrected chi connectivity index (χ4v) is 5.72. The van der Waals surface area contributed by atoms with Crippen LogP contribution in [0.2, 0.25) is 0 Å². The van der Waals surface area contributed by atoms with Crippen LogP contribution in [-0.4, -0.2) is 61.5 Å². The SMILES string of the molecule is CCCCCC(CCC1C2Cc3cccc(OCC(=O)O)c3CC2C[C@H]1O)OC(=O)OCCOC. The third-order valence-corrected chi connectivity index (χ3v) is 7.42. The molecule has 0 heterocycles. The average molecular weight is 493 g/mol. The average Bonchev–Trinajstić information content (AvgIpc) is 3.13. The molecule has 3 rings (SSSR count). The number of rotatable bonds is 14. The van der Waals surface area contributed by atoms with Gasteiger partial charge in [0.05, 0.1) is 12.7 Å². The van der Waals surface area contributed by atoms with Gasteiger partial charge in [-0.15, -0.1) is 0 Å². The number of methoxy groups -OCH3 is 1. The first-order valence-electron chi connectivity index (χ1n) is 12.9. The molecule has 0 amide bonds. The fraction of sp³-hybridized carbons (Fsp3) is 0.704. The number of aliphatic hydroxyl groups excluding tert-OH is 1. The minimum atomic E-state index is -0.995. The number of carboxylic acids is 1. The second-order valence-corrected chi connectivity index (χ2v) is 9.78. The Kier molecular flexibility index (Phi) is 10.7. The van der Waals surface area contributed by atoms with E-state index in [1.165, 1.54) is 5.56 Å². The van der Waals surface area contributed by atoms with Crippen molar-refractivity contribution in [2.24, 2.45) is 17.8 Å². The van der Waals surface area contributed by atoms with Crippen LogP contribution < -0.4 is 4.74 Å². The number of unbranched alkanes of at least 4 members (excludes halogenated alkanes) is 2. The van der Waals surface area contributed by atoms with Crippen molar-refractivity contribution >= 4 is 12.1 Å². The Labute approximate surface area is 207 Å². The van der Waals surface area contributed by atoms with Crippen LogP contribution in [0.5, 0.6) is 5.75 Å². The summed E-state index contributed by atoms with van der Waals surface area (Å²) in [5.41, 5.74) is 2.24. The van der Waals surface area contributed by atoms with Crippen molar-refractivity contribution in [1.82, 2.24) is 0 Å². The molecule has 1 aromatic rings. The van der Waals surface area contributed by atoms with Gasteiger partial charge in [0.25, 0.3) is 0 Å². The van der Waals surface area contributed by atoms with Gasteiger partial charge < -0.3 is 29.2 Å². The highest BCUT2D eigenvalue weighted by atomic mass is 16.7. The first-order chi connectivity index (χ1) is 16.9. The molecule has 0 saturated heterocycles. The number of fused-ring (bicyclic) bond motifs is 2. The van der Waals surface area contributed by atoms with Gasteiger partial charge in [-0.25, -0.2) is 9.59 Å². The number of aliphatic hydroxyl groups is 1. The number of benzene rings is 1. The Bertz CT molecular complexity index is 825. The van der Waals surface area contributed by atoms with E-state index in [-0.39, 0.29) is 25.2 Å². The van der Waals surface area contributed by atoms with Crippen molar-refractivity contribution in [2.75, 3.05) is 26.9 Å². The van der Waals surface area contributed by atoms with E-state index in [0.29, 0.717) is 30.6 Å². The molecule has 1 saturated carbocycles. The second-order valence-electron chi connectivity index (χ2n) is 9.78. The van der Waals surface area contributed by atoms with E-state index in [2.05, 4.69) is 13.0 Å². The van der Waals surface area contributed by atoms with Crippen LogP contribution >= 0.6 is 0 Å². The summed E-state index contributed by atoms with van der Waals surface area (Å²) in [7, 11) is 1.55. The van der Waals surface area contributed by atoms with E-state index in [0.717, 1.165) is 56.9 Å². The summed E-state index contributed by atoms with van der Waals surface area (Å²) in [6, 6.07) is 5.81. The van der Waals surface area contributed by atoms with E-state index in [4.69, 9.17) is 24.1 Å². The molecule has 2 N–H and O–H groups in total. The molecular formula is C27H40O8. The van der Waals surface area contributed by atoms with E-state index in [1.54, 1.807) is 7.11 Å². The Morgan fingerprint density at radius 1 is 1.14 bits per heavy atom. The highest BCUT2D eigenvalue weighted by Gasteiger charge is 2.45. The first kappa shape index (κ1) is 27.3. The van der Waals surface area contributed by atoms with Crippen molar-refractivity contribution in [3.63, 3.8) is 0 Å². The molecule has 2 aliphatic carbocycles. The smallest absolute Gasteiger partial charge is 0.482 e. The van der Waals surface area contributed by atoms with Crippen LogP contribution in [0.4, 0.5) is 4.79 Å². The lowest BCUT2D eigenvalue weighted by atomic mass is 9.73. The largest absolute Gasteiger partial charge is 0.508 e. The minimum absolute atomic E-state index is 0.138. The van der Waals surface area contributed by atoms with Gasteiger partial charge in [0.15, 0.2) is 6.61 Å². The summed E-state index contributed by atoms with van der Waals surface area (Å²) in [5, 5.41) is 19.9. The van der Waals surface area contributed by atoms with Crippen molar-refractivity contribution in [3.8, 4) is 5.75 Å². The van der Waals surface area contributed by atoms with Crippen LogP contribution in [0.15, 0.2) is 18.2 Å². The van der Waals surface area contributed by atoms with Crippen LogP contribution in [0.25, 0.3) is 0 Å². The van der Waals surface area contributed by atoms with Gasteiger partial charge >= 0.3 is 12.1 Å². The normalized spacial score (nSPS) is 23.7. The van der Waals surface area contributed by atoms with Gasteiger partial charge in [-0.3, -0.25) is 0 Å². The molecule has 5 atom stereocenters. The number of aliphatic carboxylic acids is 1. The molecule has 35 heavy (non-hydrogen) atoms. The van der Waals surface area contributed by atoms with Crippen LogP contribution in [-0.2, 0) is 31.8 Å². The number of carbonyl (C=O) groups is 2. The molecule has 1 fully saturated rings. The highest BCUT2D eigenvalue weighted by molar-refractivity contribution is 5.68. The van der Waals surface area contributed by atoms with Crippen LogP contribution in [0.1, 0.15) is 63.0 Å². The summed E-state index contributed by atoms with van der Waals surface area (Å²) >= 11 is 0. The van der Waals surface area contributed by atoms with E-state index in [1.807, 2.05) is 12.1 Å². The summed E-state index contributed by atoms with van der Waals surface area (Å²) in [6.07, 6.45) is 6.50. The number of ether oxygens (including phenoxy) is 4. The van der Waals surface area contributed by atoms with Gasteiger partial charge in [-0.2, -0.15) is 0 Å². The molecule has 0 aromatic heterocycles. The Hall–Kier alpha value is -2.32. The Morgan fingerprint density at radius 3 is 2.71 bits per heavy atom. The molecule has 4 unspecified atom stereocenters. The topological polar surface area (TPSA) is 112 Å². The van der Waals surface area contributed by atoms with Crippen molar-refractivity contribution in [3.05, 3.63) is 29.3 Å². The molecule has 8 nitrogen and oxygen atoms in total. The molecule has 1 aromatic carbocycles. The maximum Gasteiger partial charge on any atom is 0.508 e. The summed E-state index contributed by atoms with van der Waals surface area (Å²) in [4.78, 5) is 23.1. The molecule has 8 heteroatoms. The van der Waals surface area contributed by atoms with Crippen molar-refractivity contribution in [1.29, 1.82) is 0 Å². The van der Waals surface area contributed by atoms with Gasteiger partial charge in [-0.1, -0.05) is 31.9 Å². The lowest BCUT2D eigenvalue weighted by Crippen LogP contribution is -2.29. The van der Waals surface area contributed by atoms with Crippen molar-refractivity contribution < 1.29 is 38.7 Å². The lowest BCUT2D eigenvalue weighted by Gasteiger charge is -2.32. The highest BCUT2D eigenvalue weighted by Crippen LogP contribution is 2.48. The van der Waals surface area contributed by atoms with Crippen LogP contribution in [0.3, 0.4) is 0 Å². The maximum atomic E-state index is 12.1. The molecule has 0 radical (unpaired) electrons. The zero-order valence-electron chi connectivity index (χ0n) is 20.9. The first-order valence-corrected chi connectivity index (χ1v) is 12.9. The lowest BCUT2D eigenvalue weighted by molar-refractivity contribution is -0.139. The summed E-state index contributed by atoms with van der Waals surface area (Å²) < 4.78 is 21.2. The summed E-state index contributed by atoms with van der Waals surface area (Å²) in [5.74, 6) is 0.454. The minimum Gasteiger partial charge on any atom is -0.482 e. The standard InChI is InChI=1S/C27H40O8/c1-3-4-5-8-20(35-27(31)33-13-12-32-2)10-11-21-22-14-18-7-6-9-25(34-17-26(29)30)23(18)15-19(22)16-24(21)28/h6-7,9,19-22,24,28H,3-5,8,10-17H2,1-2H3,(H,29,30)/t19?,20?,21?,22?,24-/m1/s1. The predicted octanol–water partition coefficient (Wildman–Crippen LogP) is 4.39. The van der Waals surface area contributed by atoms with Gasteiger partial charge in [-0.05, 0) is 79.9 Å². The molecule has 196 valence electrons. The number of carbonyl (C=O) groups excluding carboxylic acids is 1. The molecule has 0 aliphatic heterocycles. The van der Waals surface area contributed by atoms with Crippen LogP contribution in [0, 0.1) is 17.8 Å². The summed E-state index contributed by atoms with van der Waals surface area (Å²) in [6.45, 7) is 2.28. The monoisotopic (exact) mass is 492 g/mol. The third kappa shape index (κ3) is 7.84. The van der Waals surface area contributed by atoms with Gasteiger partial charge in [0.2, 0.25) is 0 Å². The molecular weight excluding hydrogens is 452 g/mol. The van der Waals surface area contributed by atoms with E-state index in [9.17, 15) is 14.7 Å². The van der Waals surface area contributed by atoms with Crippen molar-refractivity contribution in [2.45, 2.75) is 76.9 Å².